The zero-order valence-corrected chi connectivity index (χ0v) is 16.9. The topological polar surface area (TPSA) is 26.0 Å². The van der Waals surface area contributed by atoms with Gasteiger partial charge in [-0.25, -0.2) is 0 Å². The van der Waals surface area contributed by atoms with Crippen molar-refractivity contribution in [3.63, 3.8) is 0 Å². The van der Waals surface area contributed by atoms with E-state index in [1.54, 1.807) is 0 Å². The van der Waals surface area contributed by atoms with Crippen LogP contribution in [0, 0.1) is 0 Å². The first kappa shape index (κ1) is 17.1. The molecule has 142 valence electrons. The molecule has 0 amide bonds. The highest BCUT2D eigenvalue weighted by Gasteiger charge is 2.27. The summed E-state index contributed by atoms with van der Waals surface area (Å²) in [6.07, 6.45) is 4.02. The molecule has 0 N–H and O–H groups in total. The van der Waals surface area contributed by atoms with E-state index in [-0.39, 0.29) is 5.41 Å². The molecule has 2 heteroatoms. The molecule has 2 aromatic heterocycles. The molecule has 1 aliphatic carbocycles. The maximum atomic E-state index is 6.34. The number of aromatic nitrogens is 1. The average Bonchev–Trinajstić information content (AvgIpc) is 3.17. The van der Waals surface area contributed by atoms with Crippen molar-refractivity contribution in [1.82, 2.24) is 4.98 Å². The van der Waals surface area contributed by atoms with Crippen LogP contribution >= 0.6 is 0 Å². The lowest BCUT2D eigenvalue weighted by Gasteiger charge is -2.24. The van der Waals surface area contributed by atoms with Gasteiger partial charge in [-0.3, -0.25) is 4.98 Å². The molecule has 0 atom stereocenters. The Bertz CT molecular complexity index is 1670. The van der Waals surface area contributed by atoms with E-state index in [1.807, 2.05) is 18.3 Å². The Morgan fingerprint density at radius 1 is 0.800 bits per heavy atom. The van der Waals surface area contributed by atoms with E-state index in [0.29, 0.717) is 0 Å². The Kier molecular flexibility index (Phi) is 3.46. The molecule has 3 aromatic carbocycles. The van der Waals surface area contributed by atoms with E-state index in [4.69, 9.17) is 4.42 Å². The third-order valence-corrected chi connectivity index (χ3v) is 6.18. The summed E-state index contributed by atoms with van der Waals surface area (Å²) in [6, 6.07) is 23.1. The molecule has 5 aromatic rings. The SMILES string of the molecule is CC(C)(C1=C=C=c2oc3c(ccc4ccc5ccccc5c43)c2=C1)c1ccccn1. The maximum absolute atomic E-state index is 6.34. The van der Waals surface area contributed by atoms with Crippen LogP contribution in [0.5, 0.6) is 0 Å². The number of hydrogen-bond acceptors (Lipinski definition) is 2. The van der Waals surface area contributed by atoms with Gasteiger partial charge in [0, 0.05) is 33.2 Å². The minimum Gasteiger partial charge on any atom is -0.446 e. The predicted octanol–water partition coefficient (Wildman–Crippen LogP) is 5.37. The standard InChI is InChI=1S/C28H19NO/c1-28(2,25-9-5-6-16-29-25)20-13-15-24-23(17-20)22-14-12-19-11-10-18-7-3-4-8-21(18)26(19)27(22)30-24/h3-12,14,16-17H,1-2H3. The van der Waals surface area contributed by atoms with Crippen molar-refractivity contribution in [1.29, 1.82) is 0 Å². The van der Waals surface area contributed by atoms with E-state index < -0.39 is 0 Å². The Morgan fingerprint density at radius 3 is 2.47 bits per heavy atom. The molecule has 0 aliphatic heterocycles. The maximum Gasteiger partial charge on any atom is 0.185 e. The van der Waals surface area contributed by atoms with Gasteiger partial charge in [0.15, 0.2) is 5.42 Å². The minimum atomic E-state index is -0.279. The molecule has 1 aliphatic rings. The fourth-order valence-corrected chi connectivity index (χ4v) is 4.41. The number of hydrogen-bond donors (Lipinski definition) is 0. The largest absolute Gasteiger partial charge is 0.446 e. The minimum absolute atomic E-state index is 0.279. The lowest BCUT2D eigenvalue weighted by Crippen LogP contribution is -2.26. The van der Waals surface area contributed by atoms with E-state index in [2.05, 4.69) is 91.0 Å². The van der Waals surface area contributed by atoms with Crippen LogP contribution in [0.25, 0.3) is 44.3 Å². The Morgan fingerprint density at radius 2 is 1.60 bits per heavy atom. The van der Waals surface area contributed by atoms with Crippen LogP contribution in [0.2, 0.25) is 0 Å². The molecule has 0 fully saturated rings. The molecule has 0 saturated carbocycles. The highest BCUT2D eigenvalue weighted by atomic mass is 16.3. The quantitative estimate of drug-likeness (QED) is 0.302. The Labute approximate surface area is 173 Å². The van der Waals surface area contributed by atoms with Gasteiger partial charge in [0.05, 0.1) is 5.69 Å². The molecule has 30 heavy (non-hydrogen) atoms. The second-order valence-corrected chi connectivity index (χ2v) is 8.32. The predicted molar refractivity (Wildman–Crippen MR) is 123 cm³/mol. The van der Waals surface area contributed by atoms with Crippen molar-refractivity contribution < 1.29 is 4.42 Å². The zero-order chi connectivity index (χ0) is 20.3. The van der Waals surface area contributed by atoms with Gasteiger partial charge < -0.3 is 4.42 Å². The zero-order valence-electron chi connectivity index (χ0n) is 16.9. The van der Waals surface area contributed by atoms with Crippen molar-refractivity contribution in [2.24, 2.45) is 0 Å². The summed E-state index contributed by atoms with van der Waals surface area (Å²) in [5.74, 6) is 0. The van der Waals surface area contributed by atoms with Crippen LogP contribution in [0.4, 0.5) is 0 Å². The normalized spacial score (nSPS) is 13.2. The fourth-order valence-electron chi connectivity index (χ4n) is 4.41. The number of nitrogens with zero attached hydrogens (tertiary/aromatic N) is 1. The Balaban J connectivity index is 1.66. The molecule has 0 saturated heterocycles. The van der Waals surface area contributed by atoms with Crippen molar-refractivity contribution >= 4 is 44.3 Å². The summed E-state index contributed by atoms with van der Waals surface area (Å²) in [5.41, 5.74) is 10.1. The number of pyridine rings is 1. The summed E-state index contributed by atoms with van der Waals surface area (Å²) in [5, 5.41) is 6.93. The van der Waals surface area contributed by atoms with Gasteiger partial charge in [-0.05, 0) is 60.0 Å². The molecule has 2 heterocycles. The number of benzene rings is 3. The van der Waals surface area contributed by atoms with Crippen molar-refractivity contribution in [3.8, 4) is 0 Å². The molecular formula is C28H19NO. The van der Waals surface area contributed by atoms with Crippen LogP contribution in [-0.2, 0) is 5.41 Å². The van der Waals surface area contributed by atoms with Gasteiger partial charge in [0.1, 0.15) is 5.58 Å². The number of fused-ring (bicyclic) bond motifs is 7. The summed E-state index contributed by atoms with van der Waals surface area (Å²) < 4.78 is 6.34. The molecular weight excluding hydrogens is 366 g/mol. The van der Waals surface area contributed by atoms with Gasteiger partial charge in [-0.1, -0.05) is 54.3 Å². The van der Waals surface area contributed by atoms with Crippen LogP contribution < -0.4 is 10.6 Å². The van der Waals surface area contributed by atoms with Gasteiger partial charge >= 0.3 is 0 Å². The summed E-state index contributed by atoms with van der Waals surface area (Å²) in [6.45, 7) is 4.35. The fraction of sp³-hybridized carbons (Fsp3) is 0.107. The van der Waals surface area contributed by atoms with Gasteiger partial charge in [-0.15, -0.1) is 0 Å². The first-order valence-electron chi connectivity index (χ1n) is 10.2. The van der Waals surface area contributed by atoms with Gasteiger partial charge in [0.25, 0.3) is 0 Å². The molecule has 0 radical (unpaired) electrons. The highest BCUT2D eigenvalue weighted by Crippen LogP contribution is 2.33. The van der Waals surface area contributed by atoms with Crippen molar-refractivity contribution in [2.75, 3.05) is 0 Å². The number of allylic oxidation sites excluding steroid dienone is 1. The van der Waals surface area contributed by atoms with Crippen LogP contribution in [0.15, 0.2) is 88.6 Å². The second kappa shape index (κ2) is 6.08. The lowest BCUT2D eigenvalue weighted by atomic mass is 9.80. The Hall–Kier alpha value is -3.83. The molecule has 0 bridgehead atoms. The third-order valence-electron chi connectivity index (χ3n) is 6.18. The van der Waals surface area contributed by atoms with Crippen molar-refractivity contribution in [3.05, 3.63) is 101 Å². The smallest absolute Gasteiger partial charge is 0.185 e. The van der Waals surface area contributed by atoms with Crippen LogP contribution in [0.3, 0.4) is 0 Å². The average molecular weight is 385 g/mol. The molecule has 0 spiro atoms. The monoisotopic (exact) mass is 385 g/mol. The number of furan rings is 1. The first-order chi connectivity index (χ1) is 14.6. The summed E-state index contributed by atoms with van der Waals surface area (Å²) in [7, 11) is 0. The lowest BCUT2D eigenvalue weighted by molar-refractivity contribution is 0.578. The number of rotatable bonds is 2. The van der Waals surface area contributed by atoms with Crippen molar-refractivity contribution in [2.45, 2.75) is 19.3 Å². The molecule has 0 unspecified atom stereocenters. The van der Waals surface area contributed by atoms with E-state index in [0.717, 1.165) is 38.3 Å². The van der Waals surface area contributed by atoms with Gasteiger partial charge in [-0.2, -0.15) is 0 Å². The first-order valence-corrected chi connectivity index (χ1v) is 10.2. The van der Waals surface area contributed by atoms with E-state index >= 15 is 0 Å². The summed E-state index contributed by atoms with van der Waals surface area (Å²) >= 11 is 0. The van der Waals surface area contributed by atoms with Crippen LogP contribution in [0.1, 0.15) is 19.5 Å². The highest BCUT2D eigenvalue weighted by molar-refractivity contribution is 6.18. The second-order valence-electron chi connectivity index (χ2n) is 8.32. The summed E-state index contributed by atoms with van der Waals surface area (Å²) in [4.78, 5) is 4.57. The van der Waals surface area contributed by atoms with E-state index in [9.17, 15) is 0 Å². The van der Waals surface area contributed by atoms with E-state index in [1.165, 1.54) is 16.2 Å². The third kappa shape index (κ3) is 2.36. The van der Waals surface area contributed by atoms with Gasteiger partial charge in [0.2, 0.25) is 0 Å². The molecule has 2 nitrogen and oxygen atoms in total. The molecule has 6 rings (SSSR count). The van der Waals surface area contributed by atoms with Crippen LogP contribution in [-0.4, -0.2) is 4.98 Å².